The molecule has 0 aliphatic rings. The number of hydrogen-bond donors (Lipinski definition) is 0. The summed E-state index contributed by atoms with van der Waals surface area (Å²) >= 11 is 0. The lowest BCUT2D eigenvalue weighted by molar-refractivity contribution is 0.215. The number of allylic oxidation sites excluding steroid dienone is 4. The van der Waals surface area contributed by atoms with Crippen LogP contribution in [0.3, 0.4) is 0 Å². The van der Waals surface area contributed by atoms with Gasteiger partial charge < -0.3 is 0 Å². The third-order valence-corrected chi connectivity index (χ3v) is 4.84. The molecule has 0 amide bonds. The Labute approximate surface area is 150 Å². The van der Waals surface area contributed by atoms with Crippen molar-refractivity contribution in [2.24, 2.45) is 11.3 Å². The van der Waals surface area contributed by atoms with E-state index in [1.807, 2.05) is 6.20 Å². The van der Waals surface area contributed by atoms with Crippen LogP contribution in [0.5, 0.6) is 0 Å². The fraction of sp³-hybridized carbons (Fsp3) is 0.609. The maximum Gasteiger partial charge on any atom is 0.0406 e. The minimum atomic E-state index is 0.415. The van der Waals surface area contributed by atoms with Gasteiger partial charge in [-0.1, -0.05) is 64.8 Å². The smallest absolute Gasteiger partial charge is 0.0406 e. The largest absolute Gasteiger partial charge is 0.261 e. The summed E-state index contributed by atoms with van der Waals surface area (Å²) in [7, 11) is 0. The summed E-state index contributed by atoms with van der Waals surface area (Å²) in [6, 6.07) is 4.41. The molecule has 0 N–H and O–H groups in total. The standard InChI is InChI=1S/C23H37N/c1-7-11-19(3)12-9-13-20-16-17-24-22(18-20)15-10-14-21(8-2)23(4,5)6/h9,11-12,16-18,21H,7-8,10,13-15H2,1-6H3/b12-9-,19-11+. The second kappa shape index (κ2) is 10.5. The molecule has 0 aromatic carbocycles. The van der Waals surface area contributed by atoms with Gasteiger partial charge >= 0.3 is 0 Å². The molecule has 0 aliphatic heterocycles. The van der Waals surface area contributed by atoms with Crippen LogP contribution in [0.4, 0.5) is 0 Å². The highest BCUT2D eigenvalue weighted by Gasteiger charge is 2.22. The summed E-state index contributed by atoms with van der Waals surface area (Å²) in [5.41, 5.74) is 4.37. The number of hydrogen-bond acceptors (Lipinski definition) is 1. The third-order valence-electron chi connectivity index (χ3n) is 4.84. The van der Waals surface area contributed by atoms with Gasteiger partial charge in [-0.3, -0.25) is 4.98 Å². The first-order valence-corrected chi connectivity index (χ1v) is 9.63. The minimum Gasteiger partial charge on any atom is -0.261 e. The molecule has 1 nitrogen and oxygen atoms in total. The molecule has 0 saturated carbocycles. The molecule has 0 bridgehead atoms. The molecule has 1 unspecified atom stereocenters. The number of aryl methyl sites for hydroxylation is 1. The zero-order valence-electron chi connectivity index (χ0n) is 16.7. The van der Waals surface area contributed by atoms with Gasteiger partial charge in [0.25, 0.3) is 0 Å². The Hall–Kier alpha value is -1.37. The lowest BCUT2D eigenvalue weighted by atomic mass is 9.76. The first kappa shape index (κ1) is 20.7. The maximum atomic E-state index is 4.56. The van der Waals surface area contributed by atoms with E-state index in [0.29, 0.717) is 5.41 Å². The number of rotatable bonds is 9. The molecule has 1 aromatic heterocycles. The lowest BCUT2D eigenvalue weighted by Gasteiger charge is -2.29. The Morgan fingerprint density at radius 1 is 1.25 bits per heavy atom. The molecule has 1 rings (SSSR count). The Kier molecular flexibility index (Phi) is 9.03. The molecule has 0 saturated heterocycles. The lowest BCUT2D eigenvalue weighted by Crippen LogP contribution is -2.19. The molecule has 134 valence electrons. The molecular weight excluding hydrogens is 290 g/mol. The average Bonchev–Trinajstić information content (AvgIpc) is 2.51. The highest BCUT2D eigenvalue weighted by Crippen LogP contribution is 2.32. The van der Waals surface area contributed by atoms with E-state index >= 15 is 0 Å². The summed E-state index contributed by atoms with van der Waals surface area (Å²) in [6.07, 6.45) is 15.7. The predicted octanol–water partition coefficient (Wildman–Crippen LogP) is 6.93. The van der Waals surface area contributed by atoms with Crippen LogP contribution < -0.4 is 0 Å². The highest BCUT2D eigenvalue weighted by molar-refractivity contribution is 5.22. The minimum absolute atomic E-state index is 0.415. The summed E-state index contributed by atoms with van der Waals surface area (Å²) in [4.78, 5) is 4.56. The molecule has 1 atom stereocenters. The van der Waals surface area contributed by atoms with E-state index in [4.69, 9.17) is 0 Å². The zero-order valence-corrected chi connectivity index (χ0v) is 16.7. The van der Waals surface area contributed by atoms with Crippen molar-refractivity contribution in [3.63, 3.8) is 0 Å². The molecule has 0 radical (unpaired) electrons. The predicted molar refractivity (Wildman–Crippen MR) is 107 cm³/mol. The van der Waals surface area contributed by atoms with Gasteiger partial charge in [0.1, 0.15) is 0 Å². The van der Waals surface area contributed by atoms with Crippen molar-refractivity contribution in [3.05, 3.63) is 53.4 Å². The van der Waals surface area contributed by atoms with Crippen LogP contribution in [0, 0.1) is 11.3 Å². The monoisotopic (exact) mass is 327 g/mol. The Morgan fingerprint density at radius 2 is 2.00 bits per heavy atom. The summed E-state index contributed by atoms with van der Waals surface area (Å²) in [6.45, 7) is 13.7. The van der Waals surface area contributed by atoms with Crippen LogP contribution in [-0.2, 0) is 12.8 Å². The summed E-state index contributed by atoms with van der Waals surface area (Å²) < 4.78 is 0. The maximum absolute atomic E-state index is 4.56. The molecular formula is C23H37N. The fourth-order valence-corrected chi connectivity index (χ4v) is 3.34. The van der Waals surface area contributed by atoms with E-state index in [1.54, 1.807) is 0 Å². The van der Waals surface area contributed by atoms with Gasteiger partial charge in [-0.15, -0.1) is 0 Å². The van der Waals surface area contributed by atoms with E-state index in [9.17, 15) is 0 Å². The van der Waals surface area contributed by atoms with Gasteiger partial charge in [-0.2, -0.15) is 0 Å². The molecule has 1 aromatic rings. The van der Waals surface area contributed by atoms with Crippen molar-refractivity contribution in [2.45, 2.75) is 80.1 Å². The van der Waals surface area contributed by atoms with Crippen molar-refractivity contribution in [1.29, 1.82) is 0 Å². The Morgan fingerprint density at radius 3 is 2.62 bits per heavy atom. The normalized spacial score (nSPS) is 14.3. The second-order valence-corrected chi connectivity index (χ2v) is 7.98. The topological polar surface area (TPSA) is 12.9 Å². The third kappa shape index (κ3) is 7.95. The van der Waals surface area contributed by atoms with Gasteiger partial charge in [0, 0.05) is 11.9 Å². The molecule has 0 spiro atoms. The zero-order chi connectivity index (χ0) is 18.0. The van der Waals surface area contributed by atoms with E-state index in [0.717, 1.165) is 25.2 Å². The van der Waals surface area contributed by atoms with Gasteiger partial charge in [-0.25, -0.2) is 0 Å². The first-order valence-electron chi connectivity index (χ1n) is 9.63. The average molecular weight is 328 g/mol. The fourth-order valence-electron chi connectivity index (χ4n) is 3.34. The van der Waals surface area contributed by atoms with Crippen LogP contribution >= 0.6 is 0 Å². The van der Waals surface area contributed by atoms with Crippen LogP contribution in [-0.4, -0.2) is 4.98 Å². The van der Waals surface area contributed by atoms with Crippen LogP contribution in [0.2, 0.25) is 0 Å². The van der Waals surface area contributed by atoms with Crippen LogP contribution in [0.25, 0.3) is 0 Å². The Balaban J connectivity index is 2.52. The molecule has 0 fully saturated rings. The van der Waals surface area contributed by atoms with Crippen molar-refractivity contribution in [3.8, 4) is 0 Å². The number of nitrogens with zero attached hydrogens (tertiary/aromatic N) is 1. The van der Waals surface area contributed by atoms with Crippen molar-refractivity contribution in [2.75, 3.05) is 0 Å². The van der Waals surface area contributed by atoms with Gasteiger partial charge in [-0.05, 0) is 68.1 Å². The number of pyridine rings is 1. The summed E-state index contributed by atoms with van der Waals surface area (Å²) in [5.74, 6) is 0.803. The molecule has 1 heteroatoms. The van der Waals surface area contributed by atoms with E-state index in [1.165, 1.54) is 36.1 Å². The van der Waals surface area contributed by atoms with Gasteiger partial charge in [0.15, 0.2) is 0 Å². The van der Waals surface area contributed by atoms with Crippen molar-refractivity contribution in [1.82, 2.24) is 4.98 Å². The first-order chi connectivity index (χ1) is 11.4. The number of aromatic nitrogens is 1. The van der Waals surface area contributed by atoms with Crippen LogP contribution in [0.15, 0.2) is 42.1 Å². The van der Waals surface area contributed by atoms with E-state index < -0.39 is 0 Å². The van der Waals surface area contributed by atoms with Crippen molar-refractivity contribution >= 4 is 0 Å². The van der Waals surface area contributed by atoms with Crippen LogP contribution in [0.1, 0.15) is 78.5 Å². The van der Waals surface area contributed by atoms with Gasteiger partial charge in [0.2, 0.25) is 0 Å². The molecule has 1 heterocycles. The molecule has 24 heavy (non-hydrogen) atoms. The van der Waals surface area contributed by atoms with Crippen molar-refractivity contribution < 1.29 is 0 Å². The second-order valence-electron chi connectivity index (χ2n) is 7.98. The Bertz CT molecular complexity index is 531. The quantitative estimate of drug-likeness (QED) is 0.448. The van der Waals surface area contributed by atoms with E-state index in [-0.39, 0.29) is 0 Å². The molecule has 0 aliphatic carbocycles. The highest BCUT2D eigenvalue weighted by atomic mass is 14.7. The van der Waals surface area contributed by atoms with E-state index in [2.05, 4.69) is 76.9 Å². The SMILES string of the molecule is CC/C=C(C)/C=C\Cc1ccnc(CCCC(CC)C(C)(C)C)c1. The van der Waals surface area contributed by atoms with Gasteiger partial charge in [0.05, 0.1) is 0 Å². The summed E-state index contributed by atoms with van der Waals surface area (Å²) in [5, 5.41) is 0.